The van der Waals surface area contributed by atoms with Gasteiger partial charge in [-0.15, -0.1) is 0 Å². The summed E-state index contributed by atoms with van der Waals surface area (Å²) in [5.41, 5.74) is 2.95. The zero-order chi connectivity index (χ0) is 11.8. The van der Waals surface area contributed by atoms with Crippen LogP contribution in [0.3, 0.4) is 0 Å². The predicted molar refractivity (Wildman–Crippen MR) is 71.5 cm³/mol. The van der Waals surface area contributed by atoms with Gasteiger partial charge in [0.15, 0.2) is 5.58 Å². The molecule has 0 atom stereocenters. The number of nitrogens with one attached hydrogen (secondary N) is 1. The van der Waals surface area contributed by atoms with Crippen LogP contribution in [0.4, 0.5) is 6.01 Å². The molecule has 0 saturated carbocycles. The van der Waals surface area contributed by atoms with Crippen LogP contribution in [0.2, 0.25) is 0 Å². The Kier molecular flexibility index (Phi) is 2.80. The fraction of sp³-hybridized carbons (Fsp3) is 0.417. The van der Waals surface area contributed by atoms with Gasteiger partial charge in [-0.3, -0.25) is 0 Å². The van der Waals surface area contributed by atoms with E-state index in [1.807, 2.05) is 6.07 Å². The smallest absolute Gasteiger partial charge is 0.298 e. The van der Waals surface area contributed by atoms with Crippen molar-refractivity contribution in [2.45, 2.75) is 6.92 Å². The van der Waals surface area contributed by atoms with E-state index in [0.717, 1.165) is 47.8 Å². The fourth-order valence-corrected chi connectivity index (χ4v) is 2.36. The van der Waals surface area contributed by atoms with Crippen LogP contribution in [-0.4, -0.2) is 31.2 Å². The van der Waals surface area contributed by atoms with E-state index in [9.17, 15) is 0 Å². The highest BCUT2D eigenvalue weighted by Crippen LogP contribution is 2.27. The Hall–Kier alpha value is -1.07. The number of aryl methyl sites for hydroxylation is 1. The molecule has 1 aliphatic heterocycles. The summed E-state index contributed by atoms with van der Waals surface area (Å²) >= 11 is 3.51. The summed E-state index contributed by atoms with van der Waals surface area (Å²) in [5, 5.41) is 3.32. The quantitative estimate of drug-likeness (QED) is 0.877. The first-order valence-electron chi connectivity index (χ1n) is 5.76. The average Bonchev–Trinajstić information content (AvgIpc) is 2.74. The van der Waals surface area contributed by atoms with Crippen molar-refractivity contribution in [1.29, 1.82) is 0 Å². The van der Waals surface area contributed by atoms with Gasteiger partial charge in [-0.1, -0.05) is 15.9 Å². The number of nitrogens with zero attached hydrogens (tertiary/aromatic N) is 2. The van der Waals surface area contributed by atoms with E-state index in [1.54, 1.807) is 0 Å². The van der Waals surface area contributed by atoms with E-state index in [2.05, 4.69) is 44.1 Å². The number of aromatic nitrogens is 1. The molecule has 2 heterocycles. The molecule has 4 nitrogen and oxygen atoms in total. The molecule has 0 aliphatic carbocycles. The Morgan fingerprint density at radius 2 is 2.12 bits per heavy atom. The number of hydrogen-bond acceptors (Lipinski definition) is 4. The van der Waals surface area contributed by atoms with Crippen molar-refractivity contribution in [3.05, 3.63) is 22.2 Å². The highest BCUT2D eigenvalue weighted by molar-refractivity contribution is 9.10. The predicted octanol–water partition coefficient (Wildman–Crippen LogP) is 2.31. The molecule has 90 valence electrons. The number of halogens is 1. The van der Waals surface area contributed by atoms with E-state index < -0.39 is 0 Å². The molecule has 1 fully saturated rings. The standard InChI is InChI=1S/C12H14BrN3O/c1-8-6-10-11(7-9(8)13)17-12(15-10)16-4-2-14-3-5-16/h6-7,14H,2-5H2,1H3. The first-order chi connectivity index (χ1) is 8.24. The summed E-state index contributed by atoms with van der Waals surface area (Å²) in [5.74, 6) is 0. The molecule has 1 saturated heterocycles. The third kappa shape index (κ3) is 2.05. The second-order valence-corrected chi connectivity index (χ2v) is 5.16. The molecule has 3 rings (SSSR count). The molecule has 0 amide bonds. The van der Waals surface area contributed by atoms with Crippen LogP contribution in [0.25, 0.3) is 11.1 Å². The van der Waals surface area contributed by atoms with Gasteiger partial charge in [-0.25, -0.2) is 0 Å². The number of benzene rings is 1. The second-order valence-electron chi connectivity index (χ2n) is 4.30. The SMILES string of the molecule is Cc1cc2nc(N3CCNCC3)oc2cc1Br. The molecule has 0 bridgehead atoms. The van der Waals surface area contributed by atoms with Gasteiger partial charge in [0, 0.05) is 30.7 Å². The van der Waals surface area contributed by atoms with Crippen LogP contribution >= 0.6 is 15.9 Å². The van der Waals surface area contributed by atoms with Crippen LogP contribution in [-0.2, 0) is 0 Å². The molecule has 0 radical (unpaired) electrons. The average molecular weight is 296 g/mol. The lowest BCUT2D eigenvalue weighted by atomic mass is 10.2. The molecule has 5 heteroatoms. The molecule has 1 N–H and O–H groups in total. The third-order valence-electron chi connectivity index (χ3n) is 3.05. The first kappa shape index (κ1) is 11.0. The zero-order valence-electron chi connectivity index (χ0n) is 9.66. The zero-order valence-corrected chi connectivity index (χ0v) is 11.2. The van der Waals surface area contributed by atoms with Crippen LogP contribution < -0.4 is 10.2 Å². The largest absolute Gasteiger partial charge is 0.423 e. The Balaban J connectivity index is 2.00. The topological polar surface area (TPSA) is 41.3 Å². The van der Waals surface area contributed by atoms with Gasteiger partial charge in [-0.05, 0) is 24.6 Å². The molecule has 1 aromatic heterocycles. The first-order valence-corrected chi connectivity index (χ1v) is 6.56. The Morgan fingerprint density at radius 1 is 1.35 bits per heavy atom. The molecule has 0 unspecified atom stereocenters. The minimum Gasteiger partial charge on any atom is -0.423 e. The maximum atomic E-state index is 5.80. The van der Waals surface area contributed by atoms with Gasteiger partial charge < -0.3 is 14.6 Å². The lowest BCUT2D eigenvalue weighted by Crippen LogP contribution is -2.43. The fourth-order valence-electron chi connectivity index (χ4n) is 2.03. The van der Waals surface area contributed by atoms with Crippen molar-refractivity contribution in [2.24, 2.45) is 0 Å². The summed E-state index contributed by atoms with van der Waals surface area (Å²) in [6.45, 7) is 5.94. The minimum atomic E-state index is 0.735. The van der Waals surface area contributed by atoms with E-state index in [1.165, 1.54) is 5.56 Å². The molecule has 17 heavy (non-hydrogen) atoms. The number of oxazole rings is 1. The Bertz CT molecular complexity index is 507. The summed E-state index contributed by atoms with van der Waals surface area (Å²) < 4.78 is 6.86. The van der Waals surface area contributed by atoms with Crippen molar-refractivity contribution in [3.63, 3.8) is 0 Å². The number of fused-ring (bicyclic) bond motifs is 1. The number of anilines is 1. The maximum absolute atomic E-state index is 5.80. The molecule has 1 aromatic carbocycles. The molecule has 2 aromatic rings. The van der Waals surface area contributed by atoms with Crippen LogP contribution in [0.5, 0.6) is 0 Å². The van der Waals surface area contributed by atoms with E-state index in [0.29, 0.717) is 0 Å². The molecule has 1 aliphatic rings. The minimum absolute atomic E-state index is 0.735. The van der Waals surface area contributed by atoms with E-state index in [-0.39, 0.29) is 0 Å². The Labute approximate surface area is 108 Å². The van der Waals surface area contributed by atoms with Crippen molar-refractivity contribution in [3.8, 4) is 0 Å². The monoisotopic (exact) mass is 295 g/mol. The summed E-state index contributed by atoms with van der Waals surface area (Å²) in [7, 11) is 0. The van der Waals surface area contributed by atoms with Crippen molar-refractivity contribution in [1.82, 2.24) is 10.3 Å². The van der Waals surface area contributed by atoms with E-state index in [4.69, 9.17) is 4.42 Å². The van der Waals surface area contributed by atoms with Gasteiger partial charge >= 0.3 is 0 Å². The van der Waals surface area contributed by atoms with Gasteiger partial charge in [0.2, 0.25) is 0 Å². The second kappa shape index (κ2) is 4.31. The van der Waals surface area contributed by atoms with Crippen LogP contribution in [0.15, 0.2) is 21.0 Å². The number of rotatable bonds is 1. The van der Waals surface area contributed by atoms with Crippen molar-refractivity contribution < 1.29 is 4.42 Å². The number of hydrogen-bond donors (Lipinski definition) is 1. The third-order valence-corrected chi connectivity index (χ3v) is 3.90. The van der Waals surface area contributed by atoms with Gasteiger partial charge in [0.05, 0.1) is 0 Å². The van der Waals surface area contributed by atoms with E-state index >= 15 is 0 Å². The van der Waals surface area contributed by atoms with Crippen molar-refractivity contribution in [2.75, 3.05) is 31.1 Å². The summed E-state index contributed by atoms with van der Waals surface area (Å²) in [6, 6.07) is 4.77. The van der Waals surface area contributed by atoms with Gasteiger partial charge in [0.25, 0.3) is 6.01 Å². The van der Waals surface area contributed by atoms with Crippen molar-refractivity contribution >= 4 is 33.0 Å². The van der Waals surface area contributed by atoms with Crippen LogP contribution in [0, 0.1) is 6.92 Å². The lowest BCUT2D eigenvalue weighted by Gasteiger charge is -2.25. The molecule has 0 spiro atoms. The summed E-state index contributed by atoms with van der Waals surface area (Å²) in [4.78, 5) is 6.73. The molecular formula is C12H14BrN3O. The highest BCUT2D eigenvalue weighted by atomic mass is 79.9. The normalized spacial score (nSPS) is 16.7. The molecular weight excluding hydrogens is 282 g/mol. The van der Waals surface area contributed by atoms with Crippen LogP contribution in [0.1, 0.15) is 5.56 Å². The lowest BCUT2D eigenvalue weighted by molar-refractivity contribution is 0.517. The maximum Gasteiger partial charge on any atom is 0.298 e. The number of piperazine rings is 1. The van der Waals surface area contributed by atoms with Gasteiger partial charge in [0.1, 0.15) is 5.52 Å². The summed E-state index contributed by atoms with van der Waals surface area (Å²) in [6.07, 6.45) is 0. The highest BCUT2D eigenvalue weighted by Gasteiger charge is 2.16. The van der Waals surface area contributed by atoms with Gasteiger partial charge in [-0.2, -0.15) is 4.98 Å². The Morgan fingerprint density at radius 3 is 2.88 bits per heavy atom.